The first-order valence-electron chi connectivity index (χ1n) is 5.93. The van der Waals surface area contributed by atoms with E-state index in [1.54, 1.807) is 10.8 Å². The molecule has 0 aromatic carbocycles. The number of carbonyl (C=O) groups is 1. The third-order valence-electron chi connectivity index (χ3n) is 2.95. The second-order valence-corrected chi connectivity index (χ2v) is 4.70. The average molecular weight is 265 g/mol. The fraction of sp³-hybridized carbons (Fsp3) is 0.417. The number of nitrogens with zero attached hydrogens (tertiary/aromatic N) is 3. The molecule has 0 unspecified atom stereocenters. The first-order valence-corrected chi connectivity index (χ1v) is 6.47. The molecule has 0 atom stereocenters. The number of nitrogens with one attached hydrogen (secondary N) is 1. The van der Waals surface area contributed by atoms with Crippen LogP contribution in [-0.2, 0) is 17.2 Å². The molecule has 0 radical (unpaired) electrons. The Kier molecular flexibility index (Phi) is 2.91. The molecule has 6 heteroatoms. The summed E-state index contributed by atoms with van der Waals surface area (Å²) in [6, 6.07) is 4.05. The molecule has 2 heterocycles. The van der Waals surface area contributed by atoms with Crippen molar-refractivity contribution in [2.24, 2.45) is 0 Å². The van der Waals surface area contributed by atoms with Crippen molar-refractivity contribution in [2.75, 3.05) is 0 Å². The van der Waals surface area contributed by atoms with Crippen molar-refractivity contribution in [1.29, 1.82) is 0 Å². The summed E-state index contributed by atoms with van der Waals surface area (Å²) in [5.74, 6) is 0.942. The highest BCUT2D eigenvalue weighted by Gasteiger charge is 2.24. The normalized spacial score (nSPS) is 14.9. The van der Waals surface area contributed by atoms with Gasteiger partial charge in [-0.05, 0) is 25.0 Å². The van der Waals surface area contributed by atoms with Crippen LogP contribution in [0.4, 0.5) is 0 Å². The molecule has 0 aliphatic heterocycles. The van der Waals surface area contributed by atoms with Crippen LogP contribution in [-0.4, -0.2) is 26.5 Å². The Balaban J connectivity index is 1.90. The average Bonchev–Trinajstić information content (AvgIpc) is 3.11. The molecule has 1 aliphatic carbocycles. The Hall–Kier alpha value is -1.62. The molecule has 0 spiro atoms. The summed E-state index contributed by atoms with van der Waals surface area (Å²) in [5.41, 5.74) is 1.48. The van der Waals surface area contributed by atoms with Gasteiger partial charge in [0, 0.05) is 12.2 Å². The lowest BCUT2D eigenvalue weighted by atomic mass is 10.4. The summed E-state index contributed by atoms with van der Waals surface area (Å²) in [6.07, 6.45) is 3.85. The van der Waals surface area contributed by atoms with Crippen LogP contribution in [0.3, 0.4) is 0 Å². The lowest BCUT2D eigenvalue weighted by Gasteiger charge is -2.07. The molecular weight excluding hydrogens is 252 g/mol. The molecule has 5 nitrogen and oxygen atoms in total. The van der Waals surface area contributed by atoms with E-state index in [9.17, 15) is 4.79 Å². The predicted octanol–water partition coefficient (Wildman–Crippen LogP) is 1.45. The molecule has 1 N–H and O–H groups in total. The number of alkyl halides is 1. The Labute approximate surface area is 109 Å². The van der Waals surface area contributed by atoms with Crippen LogP contribution in [0.15, 0.2) is 18.3 Å². The minimum Gasteiger partial charge on any atom is -0.352 e. The van der Waals surface area contributed by atoms with Gasteiger partial charge in [0.25, 0.3) is 0 Å². The standard InChI is InChI=1S/C12H13ClN4O/c13-6-10-16-9-2-1-5-14-12(9)17(10)7-11(18)15-8-3-4-8/h1-2,5,8H,3-4,6-7H2,(H,15,18). The minimum absolute atomic E-state index is 0.00572. The number of pyridine rings is 1. The topological polar surface area (TPSA) is 59.8 Å². The van der Waals surface area contributed by atoms with Gasteiger partial charge in [0.1, 0.15) is 17.9 Å². The van der Waals surface area contributed by atoms with Crippen LogP contribution < -0.4 is 5.32 Å². The van der Waals surface area contributed by atoms with Crippen LogP contribution in [0.5, 0.6) is 0 Å². The van der Waals surface area contributed by atoms with E-state index >= 15 is 0 Å². The Morgan fingerprint density at radius 1 is 1.56 bits per heavy atom. The zero-order valence-electron chi connectivity index (χ0n) is 9.77. The van der Waals surface area contributed by atoms with Gasteiger partial charge in [0.05, 0.1) is 5.88 Å². The second kappa shape index (κ2) is 4.57. The van der Waals surface area contributed by atoms with E-state index in [2.05, 4.69) is 15.3 Å². The SMILES string of the molecule is O=C(Cn1c(CCl)nc2cccnc21)NC1CC1. The highest BCUT2D eigenvalue weighted by molar-refractivity contribution is 6.16. The molecule has 1 amide bonds. The molecule has 3 rings (SSSR count). The number of amides is 1. The van der Waals surface area contributed by atoms with Crippen molar-refractivity contribution in [3.05, 3.63) is 24.2 Å². The maximum atomic E-state index is 11.8. The summed E-state index contributed by atoms with van der Waals surface area (Å²) >= 11 is 5.86. The monoisotopic (exact) mass is 264 g/mol. The number of rotatable bonds is 4. The van der Waals surface area contributed by atoms with Crippen molar-refractivity contribution >= 4 is 28.7 Å². The van der Waals surface area contributed by atoms with Gasteiger partial charge < -0.3 is 9.88 Å². The number of fused-ring (bicyclic) bond motifs is 1. The molecule has 0 saturated heterocycles. The number of imidazole rings is 1. The molecule has 0 bridgehead atoms. The molecular formula is C12H13ClN4O. The third-order valence-corrected chi connectivity index (χ3v) is 3.19. The number of hydrogen-bond donors (Lipinski definition) is 1. The number of hydrogen-bond acceptors (Lipinski definition) is 3. The largest absolute Gasteiger partial charge is 0.352 e. The minimum atomic E-state index is -0.00572. The van der Waals surface area contributed by atoms with Crippen molar-refractivity contribution in [1.82, 2.24) is 19.9 Å². The summed E-state index contributed by atoms with van der Waals surface area (Å²) in [4.78, 5) is 20.5. The van der Waals surface area contributed by atoms with E-state index in [1.165, 1.54) is 0 Å². The number of aromatic nitrogens is 3. The van der Waals surface area contributed by atoms with Crippen molar-refractivity contribution in [3.63, 3.8) is 0 Å². The van der Waals surface area contributed by atoms with Crippen LogP contribution in [0.2, 0.25) is 0 Å². The quantitative estimate of drug-likeness (QED) is 0.851. The Bertz CT molecular complexity index is 591. The summed E-state index contributed by atoms with van der Waals surface area (Å²) in [7, 11) is 0. The van der Waals surface area contributed by atoms with Crippen molar-refractivity contribution < 1.29 is 4.79 Å². The van der Waals surface area contributed by atoms with E-state index in [0.29, 0.717) is 17.5 Å². The van der Waals surface area contributed by atoms with Gasteiger partial charge in [-0.3, -0.25) is 4.79 Å². The molecule has 18 heavy (non-hydrogen) atoms. The van der Waals surface area contributed by atoms with Gasteiger partial charge in [-0.2, -0.15) is 0 Å². The summed E-state index contributed by atoms with van der Waals surface area (Å²) < 4.78 is 1.78. The number of carbonyl (C=O) groups excluding carboxylic acids is 1. The third kappa shape index (κ3) is 2.18. The van der Waals surface area contributed by atoms with Crippen LogP contribution in [0.25, 0.3) is 11.2 Å². The van der Waals surface area contributed by atoms with Gasteiger partial charge in [-0.15, -0.1) is 11.6 Å². The van der Waals surface area contributed by atoms with Gasteiger partial charge in [-0.1, -0.05) is 0 Å². The van der Waals surface area contributed by atoms with Gasteiger partial charge in [0.2, 0.25) is 5.91 Å². The fourth-order valence-corrected chi connectivity index (χ4v) is 2.12. The molecule has 94 valence electrons. The van der Waals surface area contributed by atoms with Crippen LogP contribution in [0, 0.1) is 0 Å². The van der Waals surface area contributed by atoms with Crippen LogP contribution >= 0.6 is 11.6 Å². The second-order valence-electron chi connectivity index (χ2n) is 4.44. The number of halogens is 1. The zero-order valence-corrected chi connectivity index (χ0v) is 10.5. The lowest BCUT2D eigenvalue weighted by Crippen LogP contribution is -2.29. The Morgan fingerprint density at radius 3 is 3.11 bits per heavy atom. The lowest BCUT2D eigenvalue weighted by molar-refractivity contribution is -0.121. The summed E-state index contributed by atoms with van der Waals surface area (Å²) in [5, 5.41) is 2.95. The van der Waals surface area contributed by atoms with Gasteiger partial charge in [0.15, 0.2) is 5.65 Å². The fourth-order valence-electron chi connectivity index (χ4n) is 1.92. The van der Waals surface area contributed by atoms with E-state index in [-0.39, 0.29) is 18.3 Å². The highest BCUT2D eigenvalue weighted by Crippen LogP contribution is 2.19. The Morgan fingerprint density at radius 2 is 2.39 bits per heavy atom. The first kappa shape index (κ1) is 11.5. The van der Waals surface area contributed by atoms with Crippen LogP contribution in [0.1, 0.15) is 18.7 Å². The van der Waals surface area contributed by atoms with Gasteiger partial charge >= 0.3 is 0 Å². The van der Waals surface area contributed by atoms with E-state index in [0.717, 1.165) is 18.4 Å². The van der Waals surface area contributed by atoms with E-state index in [4.69, 9.17) is 11.6 Å². The van der Waals surface area contributed by atoms with Crippen molar-refractivity contribution in [3.8, 4) is 0 Å². The first-order chi connectivity index (χ1) is 8.78. The molecule has 2 aromatic rings. The summed E-state index contributed by atoms with van der Waals surface area (Å²) in [6.45, 7) is 0.228. The molecule has 2 aromatic heterocycles. The molecule has 1 saturated carbocycles. The highest BCUT2D eigenvalue weighted by atomic mass is 35.5. The zero-order chi connectivity index (χ0) is 12.5. The smallest absolute Gasteiger partial charge is 0.240 e. The molecule has 1 aliphatic rings. The van der Waals surface area contributed by atoms with Crippen molar-refractivity contribution in [2.45, 2.75) is 31.3 Å². The maximum Gasteiger partial charge on any atom is 0.240 e. The van der Waals surface area contributed by atoms with E-state index < -0.39 is 0 Å². The predicted molar refractivity (Wildman–Crippen MR) is 68.2 cm³/mol. The van der Waals surface area contributed by atoms with E-state index in [1.807, 2.05) is 12.1 Å². The molecule has 1 fully saturated rings. The van der Waals surface area contributed by atoms with Gasteiger partial charge in [-0.25, -0.2) is 9.97 Å². The maximum absolute atomic E-state index is 11.8.